The maximum absolute atomic E-state index is 13.5. The van der Waals surface area contributed by atoms with Crippen LogP contribution in [-0.4, -0.2) is 76.2 Å². The van der Waals surface area contributed by atoms with Gasteiger partial charge in [0.15, 0.2) is 0 Å². The fourth-order valence-electron chi connectivity index (χ4n) is 3.69. The molecule has 0 aliphatic carbocycles. The largest absolute Gasteiger partial charge is 0.481 e. The van der Waals surface area contributed by atoms with E-state index in [0.29, 0.717) is 5.56 Å². The molecule has 0 saturated heterocycles. The first-order valence-corrected chi connectivity index (χ1v) is 11.9. The smallest absolute Gasteiger partial charge is 0.305 e. The van der Waals surface area contributed by atoms with Crippen molar-refractivity contribution < 1.29 is 39.0 Å². The average molecular weight is 525 g/mol. The van der Waals surface area contributed by atoms with E-state index in [-0.39, 0.29) is 12.8 Å². The zero-order valence-electron chi connectivity index (χ0n) is 20.8. The van der Waals surface area contributed by atoms with Gasteiger partial charge < -0.3 is 25.7 Å². The van der Waals surface area contributed by atoms with E-state index >= 15 is 0 Å². The fourth-order valence-corrected chi connectivity index (χ4v) is 3.69. The third-order valence-corrected chi connectivity index (χ3v) is 5.72. The van der Waals surface area contributed by atoms with Crippen molar-refractivity contribution >= 4 is 35.9 Å². The Morgan fingerprint density at radius 1 is 0.789 bits per heavy atom. The molecule has 0 unspecified atom stereocenters. The molecule has 0 aliphatic rings. The molecular weight excluding hydrogens is 494 g/mol. The standard InChI is InChI=1S/C27H30N3O8/c1-30(20(17-31)14-18-8-4-2-5-9-18)27(38)22(15-19-10-6-3-7-11-19)29-26(37)21(16-25(35)36)28-23(32)12-13-24(33)34/h2-11,20-22H,12-16H2,1H3,(H,28,32)(H,29,37)(H,33,34)(H,35,36)/t20-,21-,22-/m0/s1. The minimum absolute atomic E-state index is 0.0272. The minimum Gasteiger partial charge on any atom is -0.481 e. The molecule has 0 aliphatic heterocycles. The van der Waals surface area contributed by atoms with Gasteiger partial charge in [-0.1, -0.05) is 60.7 Å². The summed E-state index contributed by atoms with van der Waals surface area (Å²) in [7, 11) is 1.41. The number of likely N-dealkylation sites (N-methyl/N-ethyl adjacent to an activating group) is 1. The van der Waals surface area contributed by atoms with E-state index in [1.165, 1.54) is 11.9 Å². The molecule has 11 nitrogen and oxygen atoms in total. The molecule has 11 heteroatoms. The Labute approximate surface area is 219 Å². The van der Waals surface area contributed by atoms with Crippen LogP contribution in [0.25, 0.3) is 0 Å². The summed E-state index contributed by atoms with van der Waals surface area (Å²) in [6.45, 7) is 0. The Bertz CT molecular complexity index is 1120. The number of carbonyl (C=O) groups excluding carboxylic acids is 4. The van der Waals surface area contributed by atoms with Crippen molar-refractivity contribution in [3.63, 3.8) is 0 Å². The first kappa shape index (κ1) is 29.7. The number of carbonyl (C=O) groups is 5. The predicted molar refractivity (Wildman–Crippen MR) is 136 cm³/mol. The van der Waals surface area contributed by atoms with Gasteiger partial charge in [-0.25, -0.2) is 0 Å². The molecule has 0 spiro atoms. The van der Waals surface area contributed by atoms with Gasteiger partial charge in [-0.3, -0.25) is 28.8 Å². The van der Waals surface area contributed by atoms with Crippen LogP contribution in [0.5, 0.6) is 0 Å². The molecule has 0 saturated carbocycles. The molecule has 38 heavy (non-hydrogen) atoms. The summed E-state index contributed by atoms with van der Waals surface area (Å²) in [6.07, 6.45) is 0.340. The van der Waals surface area contributed by atoms with Gasteiger partial charge in [-0.15, -0.1) is 0 Å². The minimum atomic E-state index is -1.55. The van der Waals surface area contributed by atoms with Crippen LogP contribution >= 0.6 is 0 Å². The Balaban J connectivity index is 2.25. The van der Waals surface area contributed by atoms with E-state index in [1.54, 1.807) is 54.6 Å². The van der Waals surface area contributed by atoms with Crippen molar-refractivity contribution in [3.05, 3.63) is 71.8 Å². The second-order valence-electron chi connectivity index (χ2n) is 8.64. The number of carboxylic acids is 2. The van der Waals surface area contributed by atoms with Crippen molar-refractivity contribution in [2.75, 3.05) is 7.05 Å². The summed E-state index contributed by atoms with van der Waals surface area (Å²) >= 11 is 0. The van der Waals surface area contributed by atoms with Crippen molar-refractivity contribution in [2.24, 2.45) is 0 Å². The zero-order valence-corrected chi connectivity index (χ0v) is 20.8. The lowest BCUT2D eigenvalue weighted by Gasteiger charge is -2.29. The Kier molecular flexibility index (Phi) is 11.6. The predicted octanol–water partition coefficient (Wildman–Crippen LogP) is 0.718. The number of hydrogen-bond donors (Lipinski definition) is 4. The Hall–Kier alpha value is -4.54. The second-order valence-corrected chi connectivity index (χ2v) is 8.64. The van der Waals surface area contributed by atoms with Crippen molar-refractivity contribution in [1.29, 1.82) is 0 Å². The first-order chi connectivity index (χ1) is 18.1. The Morgan fingerprint density at radius 3 is 1.84 bits per heavy atom. The highest BCUT2D eigenvalue weighted by atomic mass is 16.4. The number of nitrogens with one attached hydrogen (secondary N) is 2. The monoisotopic (exact) mass is 524 g/mol. The lowest BCUT2D eigenvalue weighted by Crippen LogP contribution is -2.56. The summed E-state index contributed by atoms with van der Waals surface area (Å²) in [6, 6.07) is 14.0. The van der Waals surface area contributed by atoms with E-state index in [0.717, 1.165) is 5.56 Å². The van der Waals surface area contributed by atoms with Crippen LogP contribution in [-0.2, 0) is 41.6 Å². The number of benzene rings is 2. The lowest BCUT2D eigenvalue weighted by atomic mass is 10.0. The Morgan fingerprint density at radius 2 is 1.34 bits per heavy atom. The number of nitrogens with zero attached hydrogens (tertiary/aromatic N) is 1. The number of amides is 3. The van der Waals surface area contributed by atoms with Crippen LogP contribution in [0.3, 0.4) is 0 Å². The maximum atomic E-state index is 13.5. The molecule has 2 rings (SSSR count). The van der Waals surface area contributed by atoms with Gasteiger partial charge in [0.05, 0.1) is 12.8 Å². The van der Waals surface area contributed by atoms with E-state index < -0.39 is 67.0 Å². The molecule has 0 bridgehead atoms. The van der Waals surface area contributed by atoms with Crippen molar-refractivity contribution in [2.45, 2.75) is 50.2 Å². The van der Waals surface area contributed by atoms with Crippen LogP contribution in [0.1, 0.15) is 30.4 Å². The maximum Gasteiger partial charge on any atom is 0.305 e. The first-order valence-electron chi connectivity index (χ1n) is 11.9. The van der Waals surface area contributed by atoms with E-state index in [2.05, 4.69) is 10.6 Å². The number of rotatable bonds is 15. The van der Waals surface area contributed by atoms with Gasteiger partial charge in [-0.2, -0.15) is 0 Å². The molecule has 201 valence electrons. The van der Waals surface area contributed by atoms with E-state index in [9.17, 15) is 33.9 Å². The van der Waals surface area contributed by atoms with Gasteiger partial charge in [0, 0.05) is 26.3 Å². The lowest BCUT2D eigenvalue weighted by molar-refractivity contribution is -0.142. The van der Waals surface area contributed by atoms with E-state index in [1.807, 2.05) is 12.4 Å². The molecule has 3 atom stereocenters. The number of hydrogen-bond acceptors (Lipinski definition) is 6. The molecule has 3 amide bonds. The molecular formula is C27H30N3O8. The molecule has 0 fully saturated rings. The summed E-state index contributed by atoms with van der Waals surface area (Å²) in [5, 5.41) is 22.7. The quantitative estimate of drug-likeness (QED) is 0.264. The summed E-state index contributed by atoms with van der Waals surface area (Å²) in [5.41, 5.74) is 1.49. The molecule has 0 aromatic heterocycles. The molecule has 0 heterocycles. The highest BCUT2D eigenvalue weighted by molar-refractivity contribution is 5.95. The van der Waals surface area contributed by atoms with Crippen molar-refractivity contribution in [3.8, 4) is 0 Å². The zero-order chi connectivity index (χ0) is 28.1. The normalized spacial score (nSPS) is 12.9. The summed E-state index contributed by atoms with van der Waals surface area (Å²) < 4.78 is 0. The summed E-state index contributed by atoms with van der Waals surface area (Å²) in [4.78, 5) is 73.6. The highest BCUT2D eigenvalue weighted by Gasteiger charge is 2.32. The summed E-state index contributed by atoms with van der Waals surface area (Å²) in [5.74, 6) is -4.99. The SMILES string of the molecule is CN(C(=O)[C@H](Cc1ccccc1)NC(=O)[C@H](CC(=O)O)NC(=O)CCC(=O)O)[C@H]([C]=O)Cc1ccccc1. The van der Waals surface area contributed by atoms with Gasteiger partial charge >= 0.3 is 11.9 Å². The van der Waals surface area contributed by atoms with Gasteiger partial charge in [-0.05, 0) is 11.1 Å². The van der Waals surface area contributed by atoms with Crippen LogP contribution < -0.4 is 10.6 Å². The fraction of sp³-hybridized carbons (Fsp3) is 0.333. The number of carboxylic acid groups (broad SMARTS) is 2. The molecule has 4 N–H and O–H groups in total. The van der Waals surface area contributed by atoms with Crippen LogP contribution in [0.15, 0.2) is 60.7 Å². The van der Waals surface area contributed by atoms with Crippen molar-refractivity contribution in [1.82, 2.24) is 15.5 Å². The van der Waals surface area contributed by atoms with Crippen LogP contribution in [0.2, 0.25) is 0 Å². The average Bonchev–Trinajstić information content (AvgIpc) is 2.89. The molecule has 2 aromatic carbocycles. The molecule has 2 aromatic rings. The van der Waals surface area contributed by atoms with Crippen LogP contribution in [0.4, 0.5) is 0 Å². The van der Waals surface area contributed by atoms with Gasteiger partial charge in [0.1, 0.15) is 18.1 Å². The van der Waals surface area contributed by atoms with Gasteiger partial charge in [0.2, 0.25) is 24.0 Å². The third-order valence-electron chi connectivity index (χ3n) is 5.72. The third kappa shape index (κ3) is 9.84. The van der Waals surface area contributed by atoms with E-state index in [4.69, 9.17) is 5.11 Å². The van der Waals surface area contributed by atoms with Crippen LogP contribution in [0, 0.1) is 0 Å². The second kappa shape index (κ2) is 14.9. The molecule has 1 radical (unpaired) electrons. The highest BCUT2D eigenvalue weighted by Crippen LogP contribution is 2.11. The van der Waals surface area contributed by atoms with Gasteiger partial charge in [0.25, 0.3) is 0 Å². The topological polar surface area (TPSA) is 170 Å². The number of aliphatic carboxylic acids is 2.